The van der Waals surface area contributed by atoms with Gasteiger partial charge in [-0.05, 0) is 85.5 Å². The van der Waals surface area contributed by atoms with E-state index < -0.39 is 33.5 Å². The van der Waals surface area contributed by atoms with Crippen molar-refractivity contribution >= 4 is 16.0 Å². The molecule has 3 N–H and O–H groups in total. The van der Waals surface area contributed by atoms with Crippen molar-refractivity contribution in [1.29, 1.82) is 0 Å². The minimum absolute atomic E-state index is 0.0903. The van der Waals surface area contributed by atoms with Crippen molar-refractivity contribution in [3.05, 3.63) is 83.2 Å². The maximum Gasteiger partial charge on any atom is 0.338 e. The third kappa shape index (κ3) is 7.13. The number of rotatable bonds is 12. The second-order valence-electron chi connectivity index (χ2n) is 11.3. The smallest absolute Gasteiger partial charge is 0.338 e. The molecule has 0 amide bonds. The summed E-state index contributed by atoms with van der Waals surface area (Å²) in [4.78, 5) is 11.2. The van der Waals surface area contributed by atoms with E-state index in [-0.39, 0.29) is 29.3 Å². The molecule has 0 radical (unpaired) electrons. The van der Waals surface area contributed by atoms with E-state index in [1.807, 2.05) is 0 Å². The largest absolute Gasteiger partial charge is 0.495 e. The first-order valence-corrected chi connectivity index (χ1v) is 14.9. The van der Waals surface area contributed by atoms with Gasteiger partial charge >= 0.3 is 5.97 Å². The van der Waals surface area contributed by atoms with Crippen molar-refractivity contribution in [1.82, 2.24) is 9.62 Å². The molecule has 1 aliphatic carbocycles. The first-order valence-electron chi connectivity index (χ1n) is 13.5. The molecule has 0 heterocycles. The molecular weight excluding hydrogens is 547 g/mol. The van der Waals surface area contributed by atoms with Gasteiger partial charge < -0.3 is 20.3 Å². The van der Waals surface area contributed by atoms with E-state index in [9.17, 15) is 27.8 Å². The minimum Gasteiger partial charge on any atom is -0.495 e. The summed E-state index contributed by atoms with van der Waals surface area (Å²) < 4.78 is 47.4. The molecule has 0 fully saturated rings. The number of fused-ring (bicyclic) bond motifs is 1. The molecule has 41 heavy (non-hydrogen) atoms. The van der Waals surface area contributed by atoms with Crippen LogP contribution >= 0.6 is 0 Å². The lowest BCUT2D eigenvalue weighted by molar-refractivity contribution is 0.0692. The summed E-state index contributed by atoms with van der Waals surface area (Å²) in [6.45, 7) is 4.22. The molecule has 1 atom stereocenters. The number of carbonyl (C=O) groups is 1. The molecule has 0 bridgehead atoms. The molecular formula is C31H37FN2O6S. The predicted octanol–water partition coefficient (Wildman–Crippen LogP) is 4.35. The number of benzene rings is 3. The number of aromatic carboxylic acids is 1. The monoisotopic (exact) mass is 584 g/mol. The Morgan fingerprint density at radius 3 is 2.32 bits per heavy atom. The second kappa shape index (κ2) is 12.3. The van der Waals surface area contributed by atoms with Crippen molar-refractivity contribution in [3.8, 4) is 16.9 Å². The van der Waals surface area contributed by atoms with Gasteiger partial charge in [0.15, 0.2) is 0 Å². The van der Waals surface area contributed by atoms with Gasteiger partial charge in [-0.3, -0.25) is 0 Å². The number of hydrogen-bond acceptors (Lipinski definition) is 6. The topological polar surface area (TPSA) is 116 Å². The number of nitrogens with zero attached hydrogens (tertiary/aromatic N) is 1. The molecule has 0 aliphatic heterocycles. The van der Waals surface area contributed by atoms with Crippen LogP contribution in [0.5, 0.6) is 5.75 Å². The molecule has 3 aromatic rings. The maximum absolute atomic E-state index is 13.9. The Morgan fingerprint density at radius 2 is 1.71 bits per heavy atom. The summed E-state index contributed by atoms with van der Waals surface area (Å²) in [5.41, 5.74) is 2.71. The fourth-order valence-electron chi connectivity index (χ4n) is 5.54. The number of aliphatic hydroxyl groups is 1. The number of β-amino-alcohol motifs (C(OH)–C–C–N with tert-alkyl or cyclic N) is 1. The molecule has 4 rings (SSSR count). The van der Waals surface area contributed by atoms with Gasteiger partial charge in [-0.15, -0.1) is 0 Å². The molecule has 0 unspecified atom stereocenters. The number of carboxylic acid groups (broad SMARTS) is 1. The third-order valence-electron chi connectivity index (χ3n) is 7.60. The zero-order valence-electron chi connectivity index (χ0n) is 23.7. The van der Waals surface area contributed by atoms with Gasteiger partial charge in [0.25, 0.3) is 0 Å². The summed E-state index contributed by atoms with van der Waals surface area (Å²) in [5, 5.41) is 23.4. The highest BCUT2D eigenvalue weighted by molar-refractivity contribution is 7.89. The van der Waals surface area contributed by atoms with Crippen LogP contribution in [0, 0.1) is 11.7 Å². The number of aliphatic hydroxyl groups excluding tert-OH is 1. The second-order valence-corrected chi connectivity index (χ2v) is 13.3. The van der Waals surface area contributed by atoms with E-state index in [0.717, 1.165) is 35.7 Å². The molecule has 0 aromatic heterocycles. The first kappa shape index (κ1) is 30.6. The van der Waals surface area contributed by atoms with Crippen molar-refractivity contribution in [2.24, 2.45) is 5.92 Å². The Labute approximate surface area is 240 Å². The highest BCUT2D eigenvalue weighted by Gasteiger charge is 2.30. The van der Waals surface area contributed by atoms with Crippen LogP contribution < -0.4 is 10.1 Å². The Bertz CT molecular complexity index is 1500. The third-order valence-corrected chi connectivity index (χ3v) is 9.45. The minimum atomic E-state index is -4.11. The van der Waals surface area contributed by atoms with Crippen LogP contribution in [0.4, 0.5) is 4.39 Å². The Kier molecular flexibility index (Phi) is 9.18. The van der Waals surface area contributed by atoms with Crippen LogP contribution in [0.1, 0.15) is 41.8 Å². The zero-order chi connectivity index (χ0) is 29.9. The quantitative estimate of drug-likeness (QED) is 0.290. The number of halogens is 1. The van der Waals surface area contributed by atoms with Crippen LogP contribution in [-0.4, -0.2) is 67.8 Å². The van der Waals surface area contributed by atoms with Crippen molar-refractivity contribution < 1.29 is 32.6 Å². The first-order chi connectivity index (χ1) is 19.3. The number of hydrogen-bond donors (Lipinski definition) is 3. The Hall–Kier alpha value is -3.31. The number of ether oxygens (including phenoxy) is 1. The normalized spacial score (nSPS) is 14.7. The van der Waals surface area contributed by atoms with Crippen LogP contribution in [0.25, 0.3) is 11.1 Å². The average Bonchev–Trinajstić information content (AvgIpc) is 3.33. The van der Waals surface area contributed by atoms with Crippen molar-refractivity contribution in [3.63, 3.8) is 0 Å². The molecule has 0 spiro atoms. The summed E-state index contributed by atoms with van der Waals surface area (Å²) in [5.74, 6) is -1.72. The molecule has 3 aromatic carbocycles. The summed E-state index contributed by atoms with van der Waals surface area (Å²) in [7, 11) is -1.39. The standard InChI is InChI=1S/C31H37FN2O6S/c1-31(2,17-20-13-21-7-5-6-8-22(21)14-20)33-18-25(35)19-34(3)41(38,39)29-16-24(10-12-28(29)40-4)23-9-11-27(32)26(15-23)30(36)37/h5-12,15-16,20,25,33,35H,13-14,17-19H2,1-4H3,(H,36,37)/t25-/m1/s1. The molecule has 0 saturated heterocycles. The van der Waals surface area contributed by atoms with Gasteiger partial charge in [0, 0.05) is 25.7 Å². The average molecular weight is 585 g/mol. The van der Waals surface area contributed by atoms with Gasteiger partial charge in [0.05, 0.1) is 18.8 Å². The number of likely N-dealkylation sites (N-methyl/N-ethyl adjacent to an activating group) is 1. The number of sulfonamides is 1. The molecule has 220 valence electrons. The molecule has 10 heteroatoms. The van der Waals surface area contributed by atoms with Crippen LogP contribution in [0.15, 0.2) is 65.6 Å². The van der Waals surface area contributed by atoms with E-state index in [1.165, 1.54) is 43.5 Å². The number of carboxylic acids is 1. The fourth-order valence-corrected chi connectivity index (χ4v) is 6.92. The highest BCUT2D eigenvalue weighted by Crippen LogP contribution is 2.33. The lowest BCUT2D eigenvalue weighted by Gasteiger charge is -2.31. The van der Waals surface area contributed by atoms with Gasteiger partial charge in [-0.2, -0.15) is 4.31 Å². The molecule has 8 nitrogen and oxygen atoms in total. The zero-order valence-corrected chi connectivity index (χ0v) is 24.5. The van der Waals surface area contributed by atoms with Crippen molar-refractivity contribution in [2.45, 2.75) is 49.6 Å². The van der Waals surface area contributed by atoms with Crippen LogP contribution in [0.2, 0.25) is 0 Å². The Balaban J connectivity index is 1.42. The molecule has 1 aliphatic rings. The highest BCUT2D eigenvalue weighted by atomic mass is 32.2. The van der Waals surface area contributed by atoms with E-state index in [4.69, 9.17) is 4.74 Å². The lowest BCUT2D eigenvalue weighted by Crippen LogP contribution is -2.47. The van der Waals surface area contributed by atoms with Gasteiger partial charge in [0.2, 0.25) is 10.0 Å². The van der Waals surface area contributed by atoms with Gasteiger partial charge in [-0.25, -0.2) is 17.6 Å². The van der Waals surface area contributed by atoms with E-state index in [0.29, 0.717) is 17.0 Å². The fraction of sp³-hybridized carbons (Fsp3) is 0.387. The number of methoxy groups -OCH3 is 1. The lowest BCUT2D eigenvalue weighted by atomic mass is 9.88. The van der Waals surface area contributed by atoms with E-state index >= 15 is 0 Å². The Morgan fingerprint density at radius 1 is 1.10 bits per heavy atom. The van der Waals surface area contributed by atoms with Crippen LogP contribution in [0.3, 0.4) is 0 Å². The predicted molar refractivity (Wildman–Crippen MR) is 155 cm³/mol. The van der Waals surface area contributed by atoms with E-state index in [1.54, 1.807) is 6.07 Å². The summed E-state index contributed by atoms with van der Waals surface area (Å²) >= 11 is 0. The SMILES string of the molecule is COc1ccc(-c2ccc(F)c(C(=O)O)c2)cc1S(=O)(=O)N(C)C[C@H](O)CNC(C)(C)CC1Cc2ccccc2C1. The van der Waals surface area contributed by atoms with Gasteiger partial charge in [0.1, 0.15) is 16.5 Å². The summed E-state index contributed by atoms with van der Waals surface area (Å²) in [6.07, 6.45) is 2.00. The molecule has 0 saturated carbocycles. The maximum atomic E-state index is 13.9. The van der Waals surface area contributed by atoms with Crippen LogP contribution in [-0.2, 0) is 22.9 Å². The summed E-state index contributed by atoms with van der Waals surface area (Å²) in [6, 6.07) is 16.4. The van der Waals surface area contributed by atoms with Gasteiger partial charge in [-0.1, -0.05) is 36.4 Å². The van der Waals surface area contributed by atoms with E-state index in [2.05, 4.69) is 43.4 Å². The van der Waals surface area contributed by atoms with Crippen molar-refractivity contribution in [2.75, 3.05) is 27.2 Å². The number of nitrogens with one attached hydrogen (secondary N) is 1.